The molecule has 0 radical (unpaired) electrons. The van der Waals surface area contributed by atoms with Crippen LogP contribution in [0.5, 0.6) is 0 Å². The molecule has 0 amide bonds. The Labute approximate surface area is 123 Å². The van der Waals surface area contributed by atoms with Crippen molar-refractivity contribution in [3.8, 4) is 0 Å². The summed E-state index contributed by atoms with van der Waals surface area (Å²) in [6.07, 6.45) is 3.41. The Morgan fingerprint density at radius 3 is 2.65 bits per heavy atom. The summed E-state index contributed by atoms with van der Waals surface area (Å²) in [6.45, 7) is 2.22. The fraction of sp³-hybridized carbons (Fsp3) is 0.500. The Bertz CT molecular complexity index is 761. The first-order valence-electron chi connectivity index (χ1n) is 6.67. The normalized spacial score (nSPS) is 22.9. The quantitative estimate of drug-likeness (QED) is 0.818. The molecular weight excluding hydrogens is 296 g/mol. The first-order chi connectivity index (χ1) is 9.41. The predicted octanol–water partition coefficient (Wildman–Crippen LogP) is 3.15. The molecule has 1 aliphatic rings. The Morgan fingerprint density at radius 1 is 1.40 bits per heavy atom. The average molecular weight is 313 g/mol. The van der Waals surface area contributed by atoms with Gasteiger partial charge >= 0.3 is 0 Å². The fourth-order valence-corrected chi connectivity index (χ4v) is 4.03. The monoisotopic (exact) mass is 312 g/mol. The molecule has 1 fully saturated rings. The Balaban J connectivity index is 2.25. The van der Waals surface area contributed by atoms with Crippen LogP contribution in [0.1, 0.15) is 31.6 Å². The van der Waals surface area contributed by atoms with Crippen molar-refractivity contribution >= 4 is 32.5 Å². The van der Waals surface area contributed by atoms with E-state index in [1.165, 1.54) is 6.26 Å². The molecule has 2 aromatic rings. The third-order valence-corrected chi connectivity index (χ3v) is 5.36. The number of para-hydroxylation sites is 1. The highest BCUT2D eigenvalue weighted by Crippen LogP contribution is 2.40. The number of rotatable bonds is 3. The zero-order chi connectivity index (χ0) is 14.5. The predicted molar refractivity (Wildman–Crippen MR) is 79.8 cm³/mol. The zero-order valence-electron chi connectivity index (χ0n) is 11.5. The van der Waals surface area contributed by atoms with Gasteiger partial charge in [-0.3, -0.25) is 0 Å². The van der Waals surface area contributed by atoms with E-state index in [2.05, 4.69) is 16.5 Å². The van der Waals surface area contributed by atoms with Gasteiger partial charge in [-0.2, -0.15) is 0 Å². The molecule has 1 aromatic carbocycles. The smallest absolute Gasteiger partial charge is 0.177 e. The van der Waals surface area contributed by atoms with E-state index in [0.717, 1.165) is 24.2 Å². The Morgan fingerprint density at radius 2 is 2.10 bits per heavy atom. The summed E-state index contributed by atoms with van der Waals surface area (Å²) >= 11 is 6.00. The number of hydrogen-bond donors (Lipinski definition) is 0. The fourth-order valence-electron chi connectivity index (χ4n) is 3.01. The maximum Gasteiger partial charge on any atom is 0.177 e. The molecule has 4 nitrogen and oxygen atoms in total. The lowest BCUT2D eigenvalue weighted by Crippen LogP contribution is -2.25. The standard InChI is InChI=1S/C14H17ClN2O2S/c1-9-6-10(7-9)17-11-4-3-5-12(20(2,18)19)14(11)16-13(17)8-15/h3-5,9-10H,6-8H2,1-2H3. The van der Waals surface area contributed by atoms with Crippen molar-refractivity contribution < 1.29 is 8.42 Å². The summed E-state index contributed by atoms with van der Waals surface area (Å²) in [5.74, 6) is 1.76. The molecular formula is C14H17ClN2O2S. The summed E-state index contributed by atoms with van der Waals surface area (Å²) < 4.78 is 25.9. The van der Waals surface area contributed by atoms with E-state index in [9.17, 15) is 8.42 Å². The Kier molecular flexibility index (Phi) is 3.29. The average Bonchev–Trinajstić information content (AvgIpc) is 2.71. The third kappa shape index (κ3) is 2.13. The molecule has 0 bridgehead atoms. The molecule has 1 saturated carbocycles. The summed E-state index contributed by atoms with van der Waals surface area (Å²) in [6, 6.07) is 5.70. The van der Waals surface area contributed by atoms with Crippen LogP contribution in [-0.4, -0.2) is 24.2 Å². The van der Waals surface area contributed by atoms with Gasteiger partial charge in [-0.25, -0.2) is 13.4 Å². The lowest BCUT2D eigenvalue weighted by Gasteiger charge is -2.35. The second-order valence-electron chi connectivity index (χ2n) is 5.66. The minimum Gasteiger partial charge on any atom is -0.324 e. The number of nitrogens with zero attached hydrogens (tertiary/aromatic N) is 2. The molecule has 1 aromatic heterocycles. The van der Waals surface area contributed by atoms with Gasteiger partial charge in [-0.15, -0.1) is 11.6 Å². The van der Waals surface area contributed by atoms with Crippen molar-refractivity contribution in [2.45, 2.75) is 36.6 Å². The van der Waals surface area contributed by atoms with Crippen LogP contribution in [0.3, 0.4) is 0 Å². The van der Waals surface area contributed by atoms with Gasteiger partial charge in [0.05, 0.1) is 16.3 Å². The number of aromatic nitrogens is 2. The van der Waals surface area contributed by atoms with E-state index in [1.54, 1.807) is 12.1 Å². The van der Waals surface area contributed by atoms with E-state index >= 15 is 0 Å². The van der Waals surface area contributed by atoms with Crippen LogP contribution in [0.15, 0.2) is 23.1 Å². The summed E-state index contributed by atoms with van der Waals surface area (Å²) in [5, 5.41) is 0. The number of alkyl halides is 1. The molecule has 0 unspecified atom stereocenters. The van der Waals surface area contributed by atoms with Gasteiger partial charge in [-0.1, -0.05) is 13.0 Å². The maximum absolute atomic E-state index is 11.9. The highest BCUT2D eigenvalue weighted by molar-refractivity contribution is 7.91. The SMILES string of the molecule is CC1CC(n2c(CCl)nc3c(S(C)(=O)=O)cccc32)C1. The lowest BCUT2D eigenvalue weighted by atomic mass is 9.81. The van der Waals surface area contributed by atoms with Crippen LogP contribution in [-0.2, 0) is 15.7 Å². The molecule has 20 heavy (non-hydrogen) atoms. The molecule has 108 valence electrons. The third-order valence-electron chi connectivity index (χ3n) is 3.99. The minimum absolute atomic E-state index is 0.285. The van der Waals surface area contributed by atoms with Crippen molar-refractivity contribution in [1.29, 1.82) is 0 Å². The number of hydrogen-bond acceptors (Lipinski definition) is 3. The van der Waals surface area contributed by atoms with Gasteiger partial charge in [0, 0.05) is 12.3 Å². The topological polar surface area (TPSA) is 52.0 Å². The molecule has 0 spiro atoms. The molecule has 0 N–H and O–H groups in total. The van der Waals surface area contributed by atoms with E-state index in [1.807, 2.05) is 6.07 Å². The van der Waals surface area contributed by atoms with E-state index in [0.29, 0.717) is 23.4 Å². The van der Waals surface area contributed by atoms with Gasteiger partial charge in [0.15, 0.2) is 9.84 Å². The maximum atomic E-state index is 11.9. The molecule has 0 saturated heterocycles. The first-order valence-corrected chi connectivity index (χ1v) is 9.10. The number of sulfone groups is 1. The number of benzene rings is 1. The largest absolute Gasteiger partial charge is 0.324 e. The molecule has 0 aliphatic heterocycles. The molecule has 6 heteroatoms. The van der Waals surface area contributed by atoms with Crippen molar-refractivity contribution in [3.63, 3.8) is 0 Å². The van der Waals surface area contributed by atoms with Crippen LogP contribution < -0.4 is 0 Å². The van der Waals surface area contributed by atoms with Gasteiger partial charge < -0.3 is 4.57 Å². The lowest BCUT2D eigenvalue weighted by molar-refractivity contribution is 0.217. The second-order valence-corrected chi connectivity index (χ2v) is 7.91. The van der Waals surface area contributed by atoms with Crippen molar-refractivity contribution in [1.82, 2.24) is 9.55 Å². The van der Waals surface area contributed by atoms with Crippen LogP contribution in [0, 0.1) is 5.92 Å². The number of fused-ring (bicyclic) bond motifs is 1. The molecule has 1 aliphatic carbocycles. The summed E-state index contributed by atoms with van der Waals surface area (Å²) in [7, 11) is -3.29. The summed E-state index contributed by atoms with van der Waals surface area (Å²) in [5.41, 5.74) is 1.42. The first kappa shape index (κ1) is 13.9. The molecule has 0 atom stereocenters. The van der Waals surface area contributed by atoms with Crippen LogP contribution in [0.2, 0.25) is 0 Å². The van der Waals surface area contributed by atoms with Gasteiger partial charge in [0.1, 0.15) is 11.3 Å². The highest BCUT2D eigenvalue weighted by Gasteiger charge is 2.30. The van der Waals surface area contributed by atoms with Gasteiger partial charge in [-0.05, 0) is 30.9 Å². The van der Waals surface area contributed by atoms with Gasteiger partial charge in [0.2, 0.25) is 0 Å². The Hall–Kier alpha value is -1.07. The number of imidazole rings is 1. The zero-order valence-corrected chi connectivity index (χ0v) is 13.1. The van der Waals surface area contributed by atoms with E-state index in [-0.39, 0.29) is 4.90 Å². The van der Waals surface area contributed by atoms with Crippen molar-refractivity contribution in [3.05, 3.63) is 24.0 Å². The van der Waals surface area contributed by atoms with E-state index < -0.39 is 9.84 Å². The van der Waals surface area contributed by atoms with E-state index in [4.69, 9.17) is 11.6 Å². The van der Waals surface area contributed by atoms with Crippen LogP contribution in [0.25, 0.3) is 11.0 Å². The van der Waals surface area contributed by atoms with Gasteiger partial charge in [0.25, 0.3) is 0 Å². The van der Waals surface area contributed by atoms with Crippen molar-refractivity contribution in [2.24, 2.45) is 5.92 Å². The van der Waals surface area contributed by atoms with Crippen LogP contribution in [0.4, 0.5) is 0 Å². The summed E-state index contributed by atoms with van der Waals surface area (Å²) in [4.78, 5) is 4.76. The molecule has 1 heterocycles. The molecule has 3 rings (SSSR count). The minimum atomic E-state index is -3.29. The van der Waals surface area contributed by atoms with Crippen LogP contribution >= 0.6 is 11.6 Å². The second kappa shape index (κ2) is 4.74. The van der Waals surface area contributed by atoms with Crippen molar-refractivity contribution in [2.75, 3.05) is 6.26 Å². The highest BCUT2D eigenvalue weighted by atomic mass is 35.5. The number of halogens is 1.